The minimum Gasteiger partial charge on any atom is -0.375 e. The van der Waals surface area contributed by atoms with Gasteiger partial charge in [-0.3, -0.25) is 0 Å². The minimum absolute atomic E-state index is 0.246. The SMILES string of the molecule is CCC1(CCN2CCCCC2)CNC(=S)c2ccccc21. The number of likely N-dealkylation sites (tertiary alicyclic amines) is 1. The van der Waals surface area contributed by atoms with Crippen LogP contribution in [0.25, 0.3) is 0 Å². The van der Waals surface area contributed by atoms with E-state index in [0.717, 1.165) is 11.5 Å². The van der Waals surface area contributed by atoms with E-state index in [4.69, 9.17) is 12.2 Å². The lowest BCUT2D eigenvalue weighted by Gasteiger charge is -2.41. The van der Waals surface area contributed by atoms with Crippen LogP contribution in [0.15, 0.2) is 24.3 Å². The standard InChI is InChI=1S/C18H26N2S/c1-2-18(10-13-20-11-6-3-7-12-20)14-19-17(21)15-8-4-5-9-16(15)18/h4-5,8-9H,2-3,6-7,10-14H2,1H3,(H,19,21). The summed E-state index contributed by atoms with van der Waals surface area (Å²) in [4.78, 5) is 3.57. The number of fused-ring (bicyclic) bond motifs is 1. The molecule has 1 atom stereocenters. The minimum atomic E-state index is 0.246. The normalized spacial score (nSPS) is 26.2. The topological polar surface area (TPSA) is 15.3 Å². The van der Waals surface area contributed by atoms with Crippen molar-refractivity contribution >= 4 is 17.2 Å². The second-order valence-electron chi connectivity index (χ2n) is 6.51. The third-order valence-electron chi connectivity index (χ3n) is 5.36. The van der Waals surface area contributed by atoms with E-state index in [0.29, 0.717) is 0 Å². The first-order valence-electron chi connectivity index (χ1n) is 8.35. The van der Waals surface area contributed by atoms with E-state index in [1.54, 1.807) is 0 Å². The molecule has 3 heteroatoms. The van der Waals surface area contributed by atoms with Crippen molar-refractivity contribution < 1.29 is 0 Å². The Labute approximate surface area is 133 Å². The summed E-state index contributed by atoms with van der Waals surface area (Å²) >= 11 is 5.50. The van der Waals surface area contributed by atoms with Crippen LogP contribution >= 0.6 is 12.2 Å². The van der Waals surface area contributed by atoms with E-state index in [1.165, 1.54) is 62.9 Å². The fourth-order valence-corrected chi connectivity index (χ4v) is 4.10. The number of rotatable bonds is 4. The lowest BCUT2D eigenvalue weighted by atomic mass is 9.71. The van der Waals surface area contributed by atoms with Crippen LogP contribution in [0.4, 0.5) is 0 Å². The molecule has 1 saturated heterocycles. The highest BCUT2D eigenvalue weighted by Gasteiger charge is 2.36. The highest BCUT2D eigenvalue weighted by Crippen LogP contribution is 2.36. The van der Waals surface area contributed by atoms with E-state index >= 15 is 0 Å². The van der Waals surface area contributed by atoms with Gasteiger partial charge in [0.1, 0.15) is 4.99 Å². The summed E-state index contributed by atoms with van der Waals surface area (Å²) in [6.07, 6.45) is 6.56. The molecular formula is C18H26N2S. The zero-order valence-electron chi connectivity index (χ0n) is 13.0. The maximum absolute atomic E-state index is 5.50. The number of thiocarbonyl (C=S) groups is 1. The van der Waals surface area contributed by atoms with Crippen LogP contribution < -0.4 is 5.32 Å². The molecule has 21 heavy (non-hydrogen) atoms. The van der Waals surface area contributed by atoms with Crippen LogP contribution in [0, 0.1) is 0 Å². The molecule has 0 aliphatic carbocycles. The molecule has 1 aromatic rings. The molecule has 0 saturated carbocycles. The Hall–Kier alpha value is -0.930. The first-order chi connectivity index (χ1) is 10.2. The van der Waals surface area contributed by atoms with Crippen molar-refractivity contribution in [1.82, 2.24) is 10.2 Å². The van der Waals surface area contributed by atoms with Crippen molar-refractivity contribution in [2.45, 2.75) is 44.4 Å². The second-order valence-corrected chi connectivity index (χ2v) is 6.92. The molecule has 2 heterocycles. The van der Waals surface area contributed by atoms with Gasteiger partial charge in [-0.05, 0) is 50.9 Å². The average Bonchev–Trinajstić information content (AvgIpc) is 2.56. The van der Waals surface area contributed by atoms with E-state index in [-0.39, 0.29) is 5.41 Å². The number of hydrogen-bond donors (Lipinski definition) is 1. The van der Waals surface area contributed by atoms with Gasteiger partial charge in [-0.2, -0.15) is 0 Å². The van der Waals surface area contributed by atoms with Crippen LogP contribution in [0.3, 0.4) is 0 Å². The molecule has 0 bridgehead atoms. The molecule has 1 aromatic carbocycles. The first kappa shape index (κ1) is 15.0. The van der Waals surface area contributed by atoms with Gasteiger partial charge in [0.05, 0.1) is 0 Å². The van der Waals surface area contributed by atoms with Gasteiger partial charge >= 0.3 is 0 Å². The predicted molar refractivity (Wildman–Crippen MR) is 93.0 cm³/mol. The predicted octanol–water partition coefficient (Wildman–Crippen LogP) is 3.49. The molecular weight excluding hydrogens is 276 g/mol. The maximum atomic E-state index is 5.50. The summed E-state index contributed by atoms with van der Waals surface area (Å²) in [6.45, 7) is 7.10. The molecule has 0 aromatic heterocycles. The van der Waals surface area contributed by atoms with Crippen molar-refractivity contribution in [1.29, 1.82) is 0 Å². The zero-order chi connectivity index (χ0) is 14.7. The van der Waals surface area contributed by atoms with Crippen LogP contribution in [0.5, 0.6) is 0 Å². The smallest absolute Gasteiger partial charge is 0.106 e. The number of benzene rings is 1. The van der Waals surface area contributed by atoms with E-state index in [9.17, 15) is 0 Å². The fraction of sp³-hybridized carbons (Fsp3) is 0.611. The summed E-state index contributed by atoms with van der Waals surface area (Å²) in [5.74, 6) is 0. The molecule has 0 amide bonds. The van der Waals surface area contributed by atoms with Gasteiger partial charge in [-0.1, -0.05) is 49.8 Å². The van der Waals surface area contributed by atoms with Crippen molar-refractivity contribution in [3.05, 3.63) is 35.4 Å². The summed E-state index contributed by atoms with van der Waals surface area (Å²) in [6, 6.07) is 8.73. The first-order valence-corrected chi connectivity index (χ1v) is 8.76. The summed E-state index contributed by atoms with van der Waals surface area (Å²) in [5, 5.41) is 3.48. The zero-order valence-corrected chi connectivity index (χ0v) is 13.8. The molecule has 2 aliphatic rings. The van der Waals surface area contributed by atoms with Crippen LogP contribution in [0.2, 0.25) is 0 Å². The van der Waals surface area contributed by atoms with E-state index in [1.807, 2.05) is 0 Å². The monoisotopic (exact) mass is 302 g/mol. The highest BCUT2D eigenvalue weighted by molar-refractivity contribution is 7.80. The average molecular weight is 302 g/mol. The van der Waals surface area contributed by atoms with Crippen molar-refractivity contribution in [3.8, 4) is 0 Å². The van der Waals surface area contributed by atoms with Crippen molar-refractivity contribution in [2.75, 3.05) is 26.2 Å². The van der Waals surface area contributed by atoms with Crippen LogP contribution in [-0.2, 0) is 5.41 Å². The number of piperidine rings is 1. The Balaban J connectivity index is 1.80. The molecule has 2 nitrogen and oxygen atoms in total. The van der Waals surface area contributed by atoms with Gasteiger partial charge in [0, 0.05) is 17.5 Å². The Morgan fingerprint density at radius 3 is 2.71 bits per heavy atom. The maximum Gasteiger partial charge on any atom is 0.106 e. The van der Waals surface area contributed by atoms with Crippen molar-refractivity contribution in [3.63, 3.8) is 0 Å². The molecule has 1 fully saturated rings. The molecule has 2 aliphatic heterocycles. The Kier molecular flexibility index (Phi) is 4.60. The number of nitrogens with zero attached hydrogens (tertiary/aromatic N) is 1. The third kappa shape index (κ3) is 3.00. The molecule has 114 valence electrons. The molecule has 0 radical (unpaired) electrons. The van der Waals surface area contributed by atoms with Crippen LogP contribution in [0.1, 0.15) is 50.2 Å². The second kappa shape index (κ2) is 6.45. The summed E-state index contributed by atoms with van der Waals surface area (Å²) in [5.41, 5.74) is 2.96. The van der Waals surface area contributed by atoms with E-state index < -0.39 is 0 Å². The third-order valence-corrected chi connectivity index (χ3v) is 5.73. The molecule has 1 N–H and O–H groups in total. The number of nitrogens with one attached hydrogen (secondary N) is 1. The van der Waals surface area contributed by atoms with Gasteiger partial charge in [-0.25, -0.2) is 0 Å². The Morgan fingerprint density at radius 2 is 1.95 bits per heavy atom. The highest BCUT2D eigenvalue weighted by atomic mass is 32.1. The van der Waals surface area contributed by atoms with Gasteiger partial charge in [-0.15, -0.1) is 0 Å². The quantitative estimate of drug-likeness (QED) is 0.857. The molecule has 3 rings (SSSR count). The molecule has 0 spiro atoms. The number of hydrogen-bond acceptors (Lipinski definition) is 2. The largest absolute Gasteiger partial charge is 0.375 e. The lowest BCUT2D eigenvalue weighted by Crippen LogP contribution is -2.48. The van der Waals surface area contributed by atoms with E-state index in [2.05, 4.69) is 41.4 Å². The summed E-state index contributed by atoms with van der Waals surface area (Å²) in [7, 11) is 0. The Morgan fingerprint density at radius 1 is 1.19 bits per heavy atom. The molecule has 1 unspecified atom stereocenters. The van der Waals surface area contributed by atoms with Gasteiger partial charge < -0.3 is 10.2 Å². The van der Waals surface area contributed by atoms with Crippen LogP contribution in [-0.4, -0.2) is 36.1 Å². The lowest BCUT2D eigenvalue weighted by molar-refractivity contribution is 0.200. The van der Waals surface area contributed by atoms with Crippen molar-refractivity contribution in [2.24, 2.45) is 0 Å². The fourth-order valence-electron chi connectivity index (χ4n) is 3.85. The van der Waals surface area contributed by atoms with Gasteiger partial charge in [0.25, 0.3) is 0 Å². The Bertz CT molecular complexity index is 508. The summed E-state index contributed by atoms with van der Waals surface area (Å²) < 4.78 is 0. The van der Waals surface area contributed by atoms with Gasteiger partial charge in [0.2, 0.25) is 0 Å². The van der Waals surface area contributed by atoms with Gasteiger partial charge in [0.15, 0.2) is 0 Å².